The van der Waals surface area contributed by atoms with E-state index in [4.69, 9.17) is 0 Å². The van der Waals surface area contributed by atoms with Crippen LogP contribution in [0.15, 0.2) is 0 Å². The molecule has 2 aliphatic heterocycles. The van der Waals surface area contributed by atoms with Gasteiger partial charge in [0.05, 0.1) is 6.04 Å². The van der Waals surface area contributed by atoms with E-state index in [-0.39, 0.29) is 11.9 Å². The standard InChI is InChI=1S/C15H29N3O/c1-12(2)11-18-9-6-13(7-10-18)17-14-5-3-4-8-16-15(14)19/h12-14,17H,3-11H2,1-2H3,(H,16,19). The van der Waals surface area contributed by atoms with Gasteiger partial charge in [-0.25, -0.2) is 0 Å². The van der Waals surface area contributed by atoms with Crippen molar-refractivity contribution in [1.82, 2.24) is 15.5 Å². The Bertz CT molecular complexity index is 285. The number of piperidine rings is 1. The number of carbonyl (C=O) groups excluding carboxylic acids is 1. The zero-order chi connectivity index (χ0) is 13.7. The molecular formula is C15H29N3O. The molecular weight excluding hydrogens is 238 g/mol. The first kappa shape index (κ1) is 14.8. The quantitative estimate of drug-likeness (QED) is 0.808. The summed E-state index contributed by atoms with van der Waals surface area (Å²) in [4.78, 5) is 14.5. The van der Waals surface area contributed by atoms with Crippen molar-refractivity contribution < 1.29 is 4.79 Å². The van der Waals surface area contributed by atoms with Crippen molar-refractivity contribution >= 4 is 5.91 Å². The van der Waals surface area contributed by atoms with Crippen molar-refractivity contribution in [3.8, 4) is 0 Å². The monoisotopic (exact) mass is 267 g/mol. The van der Waals surface area contributed by atoms with E-state index in [0.29, 0.717) is 6.04 Å². The minimum absolute atomic E-state index is 0.0455. The molecule has 2 rings (SSSR count). The molecule has 2 fully saturated rings. The summed E-state index contributed by atoms with van der Waals surface area (Å²) in [7, 11) is 0. The Hall–Kier alpha value is -0.610. The first-order valence-corrected chi connectivity index (χ1v) is 7.91. The van der Waals surface area contributed by atoms with E-state index in [0.717, 1.165) is 31.7 Å². The second-order valence-electron chi connectivity index (χ2n) is 6.47. The third-order valence-electron chi connectivity index (χ3n) is 4.18. The Kier molecular flexibility index (Phi) is 5.64. The molecule has 2 N–H and O–H groups in total. The SMILES string of the molecule is CC(C)CN1CCC(NC2CCCCNC2=O)CC1. The fourth-order valence-electron chi connectivity index (χ4n) is 3.18. The van der Waals surface area contributed by atoms with Gasteiger partial charge in [0.1, 0.15) is 0 Å². The summed E-state index contributed by atoms with van der Waals surface area (Å²) in [6.07, 6.45) is 5.63. The maximum atomic E-state index is 11.9. The number of nitrogens with zero attached hydrogens (tertiary/aromatic N) is 1. The summed E-state index contributed by atoms with van der Waals surface area (Å²) in [5, 5.41) is 6.59. The van der Waals surface area contributed by atoms with E-state index < -0.39 is 0 Å². The summed E-state index contributed by atoms with van der Waals surface area (Å²) in [6, 6.07) is 0.571. The molecule has 4 heteroatoms. The van der Waals surface area contributed by atoms with Crippen molar-refractivity contribution in [2.24, 2.45) is 5.92 Å². The zero-order valence-electron chi connectivity index (χ0n) is 12.5. The first-order chi connectivity index (χ1) is 9.15. The number of hydrogen-bond donors (Lipinski definition) is 2. The lowest BCUT2D eigenvalue weighted by molar-refractivity contribution is -0.123. The Morgan fingerprint density at radius 2 is 2.00 bits per heavy atom. The minimum atomic E-state index is 0.0455. The molecule has 0 aromatic heterocycles. The van der Waals surface area contributed by atoms with Crippen LogP contribution in [0, 0.1) is 5.92 Å². The second kappa shape index (κ2) is 7.25. The smallest absolute Gasteiger partial charge is 0.237 e. The van der Waals surface area contributed by atoms with Crippen molar-refractivity contribution in [2.75, 3.05) is 26.2 Å². The highest BCUT2D eigenvalue weighted by Gasteiger charge is 2.26. The first-order valence-electron chi connectivity index (χ1n) is 7.91. The van der Waals surface area contributed by atoms with Crippen LogP contribution in [0.4, 0.5) is 0 Å². The minimum Gasteiger partial charge on any atom is -0.355 e. The normalized spacial score (nSPS) is 27.3. The van der Waals surface area contributed by atoms with Crippen LogP contribution >= 0.6 is 0 Å². The van der Waals surface area contributed by atoms with Gasteiger partial charge < -0.3 is 15.5 Å². The van der Waals surface area contributed by atoms with E-state index in [1.807, 2.05) is 0 Å². The van der Waals surface area contributed by atoms with Gasteiger partial charge in [0.25, 0.3) is 0 Å². The second-order valence-corrected chi connectivity index (χ2v) is 6.47. The zero-order valence-corrected chi connectivity index (χ0v) is 12.5. The van der Waals surface area contributed by atoms with Crippen LogP contribution in [-0.2, 0) is 4.79 Å². The lowest BCUT2D eigenvalue weighted by Crippen LogP contribution is -2.51. The summed E-state index contributed by atoms with van der Waals surface area (Å²) < 4.78 is 0. The summed E-state index contributed by atoms with van der Waals surface area (Å²) in [6.45, 7) is 8.95. The van der Waals surface area contributed by atoms with Crippen LogP contribution in [0.2, 0.25) is 0 Å². The van der Waals surface area contributed by atoms with E-state index in [2.05, 4.69) is 29.4 Å². The van der Waals surface area contributed by atoms with Crippen LogP contribution < -0.4 is 10.6 Å². The van der Waals surface area contributed by atoms with Crippen molar-refractivity contribution in [3.63, 3.8) is 0 Å². The average Bonchev–Trinajstić information content (AvgIpc) is 2.57. The number of carbonyl (C=O) groups is 1. The molecule has 0 aromatic rings. The molecule has 1 atom stereocenters. The molecule has 0 aromatic carbocycles. The van der Waals surface area contributed by atoms with Gasteiger partial charge in [0.2, 0.25) is 5.91 Å². The number of rotatable bonds is 4. The van der Waals surface area contributed by atoms with Gasteiger partial charge in [-0.1, -0.05) is 13.8 Å². The van der Waals surface area contributed by atoms with Gasteiger partial charge in [0.15, 0.2) is 0 Å². The van der Waals surface area contributed by atoms with Gasteiger partial charge in [-0.2, -0.15) is 0 Å². The molecule has 2 saturated heterocycles. The van der Waals surface area contributed by atoms with Crippen molar-refractivity contribution in [3.05, 3.63) is 0 Å². The lowest BCUT2D eigenvalue weighted by Gasteiger charge is -2.34. The highest BCUT2D eigenvalue weighted by atomic mass is 16.2. The van der Waals surface area contributed by atoms with Crippen LogP contribution in [-0.4, -0.2) is 49.1 Å². The summed E-state index contributed by atoms with van der Waals surface area (Å²) in [5.74, 6) is 0.958. The maximum Gasteiger partial charge on any atom is 0.237 e. The van der Waals surface area contributed by atoms with Crippen LogP contribution in [0.3, 0.4) is 0 Å². The van der Waals surface area contributed by atoms with Crippen LogP contribution in [0.5, 0.6) is 0 Å². The van der Waals surface area contributed by atoms with Crippen molar-refractivity contribution in [1.29, 1.82) is 0 Å². The molecule has 110 valence electrons. The van der Waals surface area contributed by atoms with Gasteiger partial charge in [-0.3, -0.25) is 4.79 Å². The Morgan fingerprint density at radius 3 is 2.68 bits per heavy atom. The lowest BCUT2D eigenvalue weighted by atomic mass is 10.0. The molecule has 19 heavy (non-hydrogen) atoms. The highest BCUT2D eigenvalue weighted by molar-refractivity contribution is 5.81. The predicted molar refractivity (Wildman–Crippen MR) is 78.1 cm³/mol. The van der Waals surface area contributed by atoms with E-state index in [1.54, 1.807) is 0 Å². The largest absolute Gasteiger partial charge is 0.355 e. The third kappa shape index (κ3) is 4.77. The number of nitrogens with one attached hydrogen (secondary N) is 2. The summed E-state index contributed by atoms with van der Waals surface area (Å²) in [5.41, 5.74) is 0. The third-order valence-corrected chi connectivity index (χ3v) is 4.18. The molecule has 2 heterocycles. The molecule has 4 nitrogen and oxygen atoms in total. The van der Waals surface area contributed by atoms with Crippen LogP contribution in [0.1, 0.15) is 46.0 Å². The topological polar surface area (TPSA) is 44.4 Å². The average molecular weight is 267 g/mol. The molecule has 1 amide bonds. The Morgan fingerprint density at radius 1 is 1.26 bits per heavy atom. The van der Waals surface area contributed by atoms with Crippen LogP contribution in [0.25, 0.3) is 0 Å². The predicted octanol–water partition coefficient (Wildman–Crippen LogP) is 1.37. The van der Waals surface area contributed by atoms with E-state index >= 15 is 0 Å². The Balaban J connectivity index is 1.73. The number of likely N-dealkylation sites (tertiary alicyclic amines) is 1. The molecule has 1 unspecified atom stereocenters. The Labute approximate surface area is 117 Å². The number of amides is 1. The van der Waals surface area contributed by atoms with E-state index in [1.165, 1.54) is 32.5 Å². The van der Waals surface area contributed by atoms with Gasteiger partial charge >= 0.3 is 0 Å². The van der Waals surface area contributed by atoms with Gasteiger partial charge in [-0.05, 0) is 51.1 Å². The van der Waals surface area contributed by atoms with E-state index in [9.17, 15) is 4.79 Å². The van der Waals surface area contributed by atoms with Gasteiger partial charge in [0, 0.05) is 19.1 Å². The fraction of sp³-hybridized carbons (Fsp3) is 0.933. The van der Waals surface area contributed by atoms with Gasteiger partial charge in [-0.15, -0.1) is 0 Å². The number of hydrogen-bond acceptors (Lipinski definition) is 3. The molecule has 0 aliphatic carbocycles. The molecule has 0 radical (unpaired) electrons. The maximum absolute atomic E-state index is 11.9. The van der Waals surface area contributed by atoms with Crippen molar-refractivity contribution in [2.45, 2.75) is 58.0 Å². The molecule has 0 saturated carbocycles. The molecule has 0 spiro atoms. The fourth-order valence-corrected chi connectivity index (χ4v) is 3.18. The molecule has 2 aliphatic rings. The summed E-state index contributed by atoms with van der Waals surface area (Å²) >= 11 is 0. The molecule has 0 bridgehead atoms. The highest BCUT2D eigenvalue weighted by Crippen LogP contribution is 2.14.